The topological polar surface area (TPSA) is 95.7 Å². The summed E-state index contributed by atoms with van der Waals surface area (Å²) in [5.74, 6) is 1.05. The molecule has 102 valence electrons. The van der Waals surface area contributed by atoms with Gasteiger partial charge in [-0.05, 0) is 6.92 Å². The molecule has 2 aromatic heterocycles. The highest BCUT2D eigenvalue weighted by Gasteiger charge is 2.10. The van der Waals surface area contributed by atoms with Gasteiger partial charge in [-0.1, -0.05) is 40.2 Å². The van der Waals surface area contributed by atoms with E-state index in [4.69, 9.17) is 10.3 Å². The van der Waals surface area contributed by atoms with E-state index in [0.717, 1.165) is 11.3 Å². The Morgan fingerprint density at radius 1 is 1.25 bits per heavy atom. The summed E-state index contributed by atoms with van der Waals surface area (Å²) in [6, 6.07) is 7.95. The van der Waals surface area contributed by atoms with Crippen molar-refractivity contribution in [1.82, 2.24) is 25.1 Å². The lowest BCUT2D eigenvalue weighted by Crippen LogP contribution is -2.00. The summed E-state index contributed by atoms with van der Waals surface area (Å²) in [4.78, 5) is 4.34. The van der Waals surface area contributed by atoms with E-state index >= 15 is 0 Å². The van der Waals surface area contributed by atoms with Crippen LogP contribution in [0, 0.1) is 6.92 Å². The molecule has 0 amide bonds. The summed E-state index contributed by atoms with van der Waals surface area (Å²) >= 11 is 0. The van der Waals surface area contributed by atoms with E-state index in [1.54, 1.807) is 10.9 Å². The number of aryl methyl sites for hydroxylation is 1. The van der Waals surface area contributed by atoms with E-state index in [-0.39, 0.29) is 0 Å². The van der Waals surface area contributed by atoms with Crippen molar-refractivity contribution in [2.45, 2.75) is 20.0 Å². The van der Waals surface area contributed by atoms with Crippen LogP contribution in [0.15, 0.2) is 35.0 Å². The summed E-state index contributed by atoms with van der Waals surface area (Å²) in [5, 5.41) is 11.8. The fourth-order valence-electron chi connectivity index (χ4n) is 1.79. The normalized spacial score (nSPS) is 10.9. The van der Waals surface area contributed by atoms with Crippen molar-refractivity contribution in [2.24, 2.45) is 5.73 Å². The van der Waals surface area contributed by atoms with Gasteiger partial charge in [-0.25, -0.2) is 4.68 Å². The van der Waals surface area contributed by atoms with Gasteiger partial charge in [-0.15, -0.1) is 5.10 Å². The maximum Gasteiger partial charge on any atom is 0.248 e. The molecular weight excluding hydrogens is 256 g/mol. The van der Waals surface area contributed by atoms with Crippen LogP contribution in [0.5, 0.6) is 0 Å². The fourth-order valence-corrected chi connectivity index (χ4v) is 1.79. The highest BCUT2D eigenvalue weighted by Crippen LogP contribution is 2.16. The Balaban J connectivity index is 1.78. The third-order valence-corrected chi connectivity index (χ3v) is 2.87. The lowest BCUT2D eigenvalue weighted by atomic mass is 10.1. The number of aromatic nitrogens is 5. The Kier molecular flexibility index (Phi) is 3.26. The number of hydrogen-bond donors (Lipinski definition) is 1. The first-order chi connectivity index (χ1) is 9.74. The molecule has 0 aliphatic heterocycles. The summed E-state index contributed by atoms with van der Waals surface area (Å²) < 4.78 is 6.83. The molecule has 20 heavy (non-hydrogen) atoms. The summed E-state index contributed by atoms with van der Waals surface area (Å²) in [6.45, 7) is 2.77. The Morgan fingerprint density at radius 2 is 2.05 bits per heavy atom. The van der Waals surface area contributed by atoms with Gasteiger partial charge in [0.15, 0.2) is 0 Å². The van der Waals surface area contributed by atoms with Gasteiger partial charge >= 0.3 is 0 Å². The second-order valence-corrected chi connectivity index (χ2v) is 4.49. The van der Waals surface area contributed by atoms with Crippen molar-refractivity contribution in [3.63, 3.8) is 0 Å². The van der Waals surface area contributed by atoms with Crippen molar-refractivity contribution < 1.29 is 4.52 Å². The van der Waals surface area contributed by atoms with Crippen molar-refractivity contribution >= 4 is 0 Å². The molecule has 1 aromatic carbocycles. The highest BCUT2D eigenvalue weighted by molar-refractivity contribution is 5.54. The van der Waals surface area contributed by atoms with Crippen LogP contribution in [-0.4, -0.2) is 25.1 Å². The number of hydrogen-bond acceptors (Lipinski definition) is 6. The van der Waals surface area contributed by atoms with E-state index in [1.165, 1.54) is 5.56 Å². The average molecular weight is 270 g/mol. The first-order valence-electron chi connectivity index (χ1n) is 6.23. The van der Waals surface area contributed by atoms with E-state index in [0.29, 0.717) is 24.8 Å². The molecule has 0 fully saturated rings. The number of nitrogens with zero attached hydrogens (tertiary/aromatic N) is 5. The molecule has 7 heteroatoms. The number of rotatable bonds is 4. The van der Waals surface area contributed by atoms with Crippen molar-refractivity contribution in [3.8, 4) is 11.4 Å². The van der Waals surface area contributed by atoms with Gasteiger partial charge in [0.2, 0.25) is 11.7 Å². The minimum Gasteiger partial charge on any atom is -0.337 e. The second-order valence-electron chi connectivity index (χ2n) is 4.49. The average Bonchev–Trinajstić information content (AvgIpc) is 3.09. The van der Waals surface area contributed by atoms with Gasteiger partial charge in [0.05, 0.1) is 11.9 Å². The van der Waals surface area contributed by atoms with E-state index < -0.39 is 0 Å². The summed E-state index contributed by atoms with van der Waals surface area (Å²) in [5.41, 5.74) is 8.32. The van der Waals surface area contributed by atoms with Crippen molar-refractivity contribution in [2.75, 3.05) is 0 Å². The van der Waals surface area contributed by atoms with Crippen molar-refractivity contribution in [3.05, 3.63) is 47.6 Å². The number of nitrogens with two attached hydrogens (primary N) is 1. The predicted octanol–water partition coefficient (Wildman–Crippen LogP) is 1.14. The van der Waals surface area contributed by atoms with E-state index in [9.17, 15) is 0 Å². The van der Waals surface area contributed by atoms with Crippen LogP contribution in [0.2, 0.25) is 0 Å². The molecule has 7 nitrogen and oxygen atoms in total. The van der Waals surface area contributed by atoms with Crippen LogP contribution >= 0.6 is 0 Å². The molecule has 0 atom stereocenters. The molecule has 2 N–H and O–H groups in total. The Hall–Kier alpha value is -2.54. The molecule has 3 rings (SSSR count). The van der Waals surface area contributed by atoms with Gasteiger partial charge in [-0.3, -0.25) is 0 Å². The third-order valence-electron chi connectivity index (χ3n) is 2.87. The first kappa shape index (κ1) is 12.5. The Labute approximate surface area is 115 Å². The molecule has 0 aliphatic rings. The van der Waals surface area contributed by atoms with Crippen LogP contribution in [-0.2, 0) is 13.1 Å². The SMILES string of the molecule is Cc1ccc(-c2noc(Cn3cc(CN)nn3)n2)cc1. The predicted molar refractivity (Wildman–Crippen MR) is 71.5 cm³/mol. The zero-order valence-electron chi connectivity index (χ0n) is 11.0. The van der Waals surface area contributed by atoms with Gasteiger partial charge in [0.25, 0.3) is 0 Å². The fraction of sp³-hybridized carbons (Fsp3) is 0.231. The minimum absolute atomic E-state index is 0.360. The summed E-state index contributed by atoms with van der Waals surface area (Å²) in [7, 11) is 0. The molecule has 2 heterocycles. The molecule has 0 saturated carbocycles. The van der Waals surface area contributed by atoms with Crippen LogP contribution in [0.25, 0.3) is 11.4 Å². The zero-order valence-corrected chi connectivity index (χ0v) is 11.0. The standard InChI is InChI=1S/C13H14N6O/c1-9-2-4-10(5-3-9)13-15-12(20-17-13)8-19-7-11(6-14)16-18-19/h2-5,7H,6,8,14H2,1H3. The second kappa shape index (κ2) is 5.22. The summed E-state index contributed by atoms with van der Waals surface area (Å²) in [6.07, 6.45) is 1.76. The first-order valence-corrected chi connectivity index (χ1v) is 6.23. The quantitative estimate of drug-likeness (QED) is 0.763. The monoisotopic (exact) mass is 270 g/mol. The molecule has 0 spiro atoms. The van der Waals surface area contributed by atoms with Gasteiger partial charge in [0, 0.05) is 12.1 Å². The molecule has 0 radical (unpaired) electrons. The van der Waals surface area contributed by atoms with Gasteiger partial charge < -0.3 is 10.3 Å². The van der Waals surface area contributed by atoms with Gasteiger partial charge in [0.1, 0.15) is 6.54 Å². The van der Waals surface area contributed by atoms with Crippen LogP contribution in [0.1, 0.15) is 17.1 Å². The molecule has 0 bridgehead atoms. The number of benzene rings is 1. The van der Waals surface area contributed by atoms with Gasteiger partial charge in [-0.2, -0.15) is 4.98 Å². The van der Waals surface area contributed by atoms with E-state index in [2.05, 4.69) is 20.5 Å². The molecule has 0 aliphatic carbocycles. The minimum atomic E-state index is 0.360. The van der Waals surface area contributed by atoms with E-state index in [1.807, 2.05) is 31.2 Å². The smallest absolute Gasteiger partial charge is 0.248 e. The Morgan fingerprint density at radius 3 is 2.75 bits per heavy atom. The van der Waals surface area contributed by atoms with Crippen LogP contribution in [0.4, 0.5) is 0 Å². The lowest BCUT2D eigenvalue weighted by molar-refractivity contribution is 0.364. The molecule has 3 aromatic rings. The van der Waals surface area contributed by atoms with Crippen molar-refractivity contribution in [1.29, 1.82) is 0 Å². The van der Waals surface area contributed by atoms with Crippen LogP contribution < -0.4 is 5.73 Å². The molecule has 0 saturated heterocycles. The zero-order chi connectivity index (χ0) is 13.9. The largest absolute Gasteiger partial charge is 0.337 e. The van der Waals surface area contributed by atoms with Crippen LogP contribution in [0.3, 0.4) is 0 Å². The lowest BCUT2D eigenvalue weighted by Gasteiger charge is -1.94. The maximum absolute atomic E-state index is 5.48. The maximum atomic E-state index is 5.48. The molecular formula is C13H14N6O. The highest BCUT2D eigenvalue weighted by atomic mass is 16.5. The molecule has 0 unspecified atom stereocenters. The third kappa shape index (κ3) is 2.57. The Bertz CT molecular complexity index is 700.